The number of nitrogens with zero attached hydrogens (tertiary/aromatic N) is 4. The maximum absolute atomic E-state index is 15.0. The van der Waals surface area contributed by atoms with Crippen LogP contribution < -0.4 is 4.90 Å². The summed E-state index contributed by atoms with van der Waals surface area (Å²) in [5.74, 6) is -1.31. The van der Waals surface area contributed by atoms with Crippen molar-refractivity contribution in [3.8, 4) is 11.1 Å². The van der Waals surface area contributed by atoms with Gasteiger partial charge in [0.1, 0.15) is 0 Å². The Labute approximate surface area is 485 Å². The third-order valence-electron chi connectivity index (χ3n) is 18.0. The Hall–Kier alpha value is -8.50. The van der Waals surface area contributed by atoms with Crippen LogP contribution in [-0.4, -0.2) is 55.0 Å². The molecule has 13 rings (SSSR count). The molecule has 0 atom stereocenters. The number of hydrogen-bond donors (Lipinski definition) is 2. The van der Waals surface area contributed by atoms with Crippen LogP contribution in [0.25, 0.3) is 101 Å². The number of H-pyrrole nitrogens is 2. The number of hydrogen-bond acceptors (Lipinski definition) is 6. The Balaban J connectivity index is 0.898. The number of aromatic amines is 2. The highest BCUT2D eigenvalue weighted by Crippen LogP contribution is 2.47. The highest BCUT2D eigenvalue weighted by Gasteiger charge is 2.38. The SMILES string of the molecule is CCCCCCCCN1C(=O)c2ccc3c4ccc5c6c(ccc(c7ccc(c2c37)C1=O)c64)C(=O)N(c1ccc(-c2c3nc(c(CCCCC)c4ccc([nH]4)c(CCCCC)c4nc(c(CCCCC)c6ccc2[nH]6)C=C4)C=C3)cc1)C5=O. The van der Waals surface area contributed by atoms with Gasteiger partial charge in [0.05, 0.1) is 28.5 Å². The van der Waals surface area contributed by atoms with Gasteiger partial charge in [0.15, 0.2) is 0 Å². The number of unbranched alkanes of at least 4 members (excludes halogenated alkanes) is 11. The molecule has 4 aliphatic heterocycles. The summed E-state index contributed by atoms with van der Waals surface area (Å²) in [5, 5.41) is 6.44. The lowest BCUT2D eigenvalue weighted by Gasteiger charge is -2.30. The van der Waals surface area contributed by atoms with Crippen molar-refractivity contribution in [2.24, 2.45) is 0 Å². The normalized spacial score (nSPS) is 13.9. The van der Waals surface area contributed by atoms with Gasteiger partial charge >= 0.3 is 0 Å². The van der Waals surface area contributed by atoms with Gasteiger partial charge in [0.2, 0.25) is 0 Å². The number of benzene rings is 6. The van der Waals surface area contributed by atoms with Gasteiger partial charge in [-0.15, -0.1) is 0 Å². The van der Waals surface area contributed by atoms with Crippen LogP contribution in [0.5, 0.6) is 0 Å². The van der Waals surface area contributed by atoms with Gasteiger partial charge in [0.25, 0.3) is 23.6 Å². The largest absolute Gasteiger partial charge is 0.355 e. The Morgan fingerprint density at radius 2 is 0.735 bits per heavy atom. The predicted octanol–water partition coefficient (Wildman–Crippen LogP) is 18.3. The highest BCUT2D eigenvalue weighted by atomic mass is 16.2. The van der Waals surface area contributed by atoms with E-state index in [1.54, 1.807) is 0 Å². The molecule has 0 saturated carbocycles. The first kappa shape index (κ1) is 53.8. The number of nitrogens with one attached hydrogen (secondary N) is 2. The van der Waals surface area contributed by atoms with Crippen LogP contribution in [0.4, 0.5) is 5.69 Å². The second kappa shape index (κ2) is 22.7. The summed E-state index contributed by atoms with van der Waals surface area (Å²) >= 11 is 0. The topological polar surface area (TPSA) is 132 Å². The molecule has 8 bridgehead atoms. The molecule has 9 aromatic rings. The molecule has 83 heavy (non-hydrogen) atoms. The van der Waals surface area contributed by atoms with E-state index in [2.05, 4.69) is 86.2 Å². The van der Waals surface area contributed by atoms with E-state index < -0.39 is 11.8 Å². The Bertz CT molecular complexity index is 4220. The van der Waals surface area contributed by atoms with Gasteiger partial charge < -0.3 is 9.97 Å². The average molecular weight is 1100 g/mol. The molecule has 6 aromatic carbocycles. The van der Waals surface area contributed by atoms with Crippen molar-refractivity contribution in [3.63, 3.8) is 0 Å². The Kier molecular flexibility index (Phi) is 14.7. The standard InChI is InChI=1S/C73H72N6O4/c1-5-9-13-14-15-19-43-78-70(80)53-31-27-46-48-29-33-55-69-56(34-30-49(67(48)69)47-28-32-54(71(78)81)68(53)66(46)47)73(83)79(72(55)82)45-25-23-44(24-26-45)65-63-41-39-61(76-63)51(21-17-11-7-3)59-37-35-57(74-59)50(20-16-10-6-2)58-36-38-60(75-58)52(22-18-12-8-4)62-40-42-64(65)77-62/h23-42,74,77H,5-22,43H2,1-4H3. The number of aryl methyl sites for hydroxylation is 3. The van der Waals surface area contributed by atoms with Crippen molar-refractivity contribution in [3.05, 3.63) is 159 Å². The van der Waals surface area contributed by atoms with Crippen molar-refractivity contribution in [2.45, 2.75) is 143 Å². The summed E-state index contributed by atoms with van der Waals surface area (Å²) in [6, 6.07) is 31.8. The molecular formula is C73H72N6O4. The Morgan fingerprint density at radius 1 is 0.361 bits per heavy atom. The first-order valence-electron chi connectivity index (χ1n) is 30.9. The molecule has 4 aliphatic rings. The van der Waals surface area contributed by atoms with Crippen molar-refractivity contribution < 1.29 is 19.2 Å². The first-order valence-corrected chi connectivity index (χ1v) is 30.9. The van der Waals surface area contributed by atoms with Crippen molar-refractivity contribution >= 4 is 119 Å². The number of aromatic nitrogens is 4. The van der Waals surface area contributed by atoms with E-state index in [0.29, 0.717) is 45.3 Å². The second-order valence-electron chi connectivity index (χ2n) is 23.3. The number of carbonyl (C=O) groups excluding carboxylic acids is 4. The van der Waals surface area contributed by atoms with E-state index in [9.17, 15) is 9.59 Å². The molecule has 0 spiro atoms. The van der Waals surface area contributed by atoms with Crippen molar-refractivity contribution in [1.29, 1.82) is 0 Å². The lowest BCUT2D eigenvalue weighted by atomic mass is 9.82. The molecule has 4 amide bonds. The summed E-state index contributed by atoms with van der Waals surface area (Å²) in [5.41, 5.74) is 15.7. The van der Waals surface area contributed by atoms with Gasteiger partial charge in [-0.1, -0.05) is 135 Å². The summed E-state index contributed by atoms with van der Waals surface area (Å²) in [4.78, 5) is 79.7. The Morgan fingerprint density at radius 3 is 1.19 bits per heavy atom. The minimum absolute atomic E-state index is 0.257. The third kappa shape index (κ3) is 9.35. The summed E-state index contributed by atoms with van der Waals surface area (Å²) in [6.07, 6.45) is 27.7. The van der Waals surface area contributed by atoms with Gasteiger partial charge in [-0.2, -0.15) is 0 Å². The van der Waals surface area contributed by atoms with Crippen LogP contribution in [0.3, 0.4) is 0 Å². The molecule has 0 saturated heterocycles. The van der Waals surface area contributed by atoms with Gasteiger partial charge in [-0.3, -0.25) is 24.1 Å². The van der Waals surface area contributed by atoms with E-state index in [1.165, 1.54) is 32.9 Å². The van der Waals surface area contributed by atoms with Gasteiger partial charge in [0, 0.05) is 83.9 Å². The van der Waals surface area contributed by atoms with E-state index in [1.807, 2.05) is 72.8 Å². The number of fused-ring (bicyclic) bond motifs is 10. The zero-order chi connectivity index (χ0) is 56.9. The number of imide groups is 2. The molecule has 0 fully saturated rings. The van der Waals surface area contributed by atoms with E-state index in [-0.39, 0.29) is 11.8 Å². The van der Waals surface area contributed by atoms with Crippen LogP contribution >= 0.6 is 0 Å². The van der Waals surface area contributed by atoms with Crippen LogP contribution in [0, 0.1) is 0 Å². The monoisotopic (exact) mass is 1100 g/mol. The fourth-order valence-electron chi connectivity index (χ4n) is 13.7. The summed E-state index contributed by atoms with van der Waals surface area (Å²) < 4.78 is 0. The maximum Gasteiger partial charge on any atom is 0.265 e. The van der Waals surface area contributed by atoms with Crippen molar-refractivity contribution in [2.75, 3.05) is 11.4 Å². The molecular weight excluding hydrogens is 1020 g/mol. The third-order valence-corrected chi connectivity index (χ3v) is 18.0. The number of rotatable bonds is 21. The molecule has 3 aromatic heterocycles. The van der Waals surface area contributed by atoms with Gasteiger partial charge in [-0.05, 0) is 168 Å². The minimum Gasteiger partial charge on any atom is -0.355 e. The average Bonchev–Trinajstić information content (AvgIpc) is 1.86. The second-order valence-corrected chi connectivity index (χ2v) is 23.3. The molecule has 10 nitrogen and oxygen atoms in total. The van der Waals surface area contributed by atoms with Gasteiger partial charge in [-0.25, -0.2) is 14.9 Å². The predicted molar refractivity (Wildman–Crippen MR) is 342 cm³/mol. The fraction of sp³-hybridized carbons (Fsp3) is 0.315. The van der Waals surface area contributed by atoms with Crippen LogP contribution in [0.2, 0.25) is 0 Å². The highest BCUT2D eigenvalue weighted by molar-refractivity contribution is 6.43. The van der Waals surface area contributed by atoms with E-state index in [0.717, 1.165) is 197 Å². The quantitative estimate of drug-likeness (QED) is 0.0319. The van der Waals surface area contributed by atoms with Crippen LogP contribution in [0.15, 0.2) is 97.1 Å². The number of amides is 4. The fourth-order valence-corrected chi connectivity index (χ4v) is 13.7. The molecule has 10 heteroatoms. The maximum atomic E-state index is 15.0. The van der Waals surface area contributed by atoms with Crippen LogP contribution in [-0.2, 0) is 19.3 Å². The molecule has 0 aliphatic carbocycles. The summed E-state index contributed by atoms with van der Waals surface area (Å²) in [6.45, 7) is 9.32. The molecule has 0 radical (unpaired) electrons. The zero-order valence-electron chi connectivity index (χ0n) is 48.4. The first-order chi connectivity index (χ1) is 40.7. The molecule has 7 heterocycles. The molecule has 418 valence electrons. The number of anilines is 1. The van der Waals surface area contributed by atoms with Crippen LogP contribution in [0.1, 0.15) is 205 Å². The lowest BCUT2D eigenvalue weighted by Crippen LogP contribution is -2.41. The molecule has 2 N–H and O–H groups in total. The van der Waals surface area contributed by atoms with E-state index >= 15 is 9.59 Å². The zero-order valence-corrected chi connectivity index (χ0v) is 48.4. The molecule has 0 unspecified atom stereocenters. The van der Waals surface area contributed by atoms with E-state index in [4.69, 9.17) is 9.97 Å². The minimum atomic E-state index is -0.398. The lowest BCUT2D eigenvalue weighted by molar-refractivity contribution is 0.0607. The van der Waals surface area contributed by atoms with Crippen molar-refractivity contribution in [1.82, 2.24) is 24.8 Å². The number of carbonyl (C=O) groups is 4. The summed E-state index contributed by atoms with van der Waals surface area (Å²) in [7, 11) is 0. The smallest absolute Gasteiger partial charge is 0.265 e.